The topological polar surface area (TPSA) is 94.2 Å². The minimum absolute atomic E-state index is 0.155. The average molecular weight is 567 g/mol. The van der Waals surface area contributed by atoms with Gasteiger partial charge in [-0.15, -0.1) is 0 Å². The molecule has 1 atom stereocenters. The van der Waals surface area contributed by atoms with Gasteiger partial charge in [-0.05, 0) is 42.8 Å². The molecule has 1 heterocycles. The highest BCUT2D eigenvalue weighted by Gasteiger charge is 2.35. The van der Waals surface area contributed by atoms with E-state index in [9.17, 15) is 14.4 Å². The SMILES string of the molecule is CCCCCCCCCCCCOC(=O)CC1C(=O)NCCN1C(=O)c1ccc(OCCOc2ccccc2)cc1. The van der Waals surface area contributed by atoms with E-state index in [-0.39, 0.29) is 18.2 Å². The van der Waals surface area contributed by atoms with Crippen molar-refractivity contribution in [3.05, 3.63) is 60.2 Å². The number of carbonyl (C=O) groups is 3. The van der Waals surface area contributed by atoms with E-state index in [0.717, 1.165) is 25.0 Å². The smallest absolute Gasteiger partial charge is 0.308 e. The highest BCUT2D eigenvalue weighted by molar-refractivity contribution is 5.99. The van der Waals surface area contributed by atoms with Crippen molar-refractivity contribution in [2.24, 2.45) is 0 Å². The largest absolute Gasteiger partial charge is 0.490 e. The molecule has 41 heavy (non-hydrogen) atoms. The van der Waals surface area contributed by atoms with Crippen LogP contribution in [0.5, 0.6) is 11.5 Å². The maximum Gasteiger partial charge on any atom is 0.308 e. The van der Waals surface area contributed by atoms with Crippen LogP contribution in [0.1, 0.15) is 87.9 Å². The van der Waals surface area contributed by atoms with Crippen LogP contribution in [0.15, 0.2) is 54.6 Å². The van der Waals surface area contributed by atoms with Gasteiger partial charge >= 0.3 is 5.97 Å². The van der Waals surface area contributed by atoms with Crippen molar-refractivity contribution in [1.29, 1.82) is 0 Å². The summed E-state index contributed by atoms with van der Waals surface area (Å²) in [6.07, 6.45) is 11.9. The lowest BCUT2D eigenvalue weighted by atomic mass is 10.1. The minimum atomic E-state index is -0.887. The Hall–Kier alpha value is -3.55. The van der Waals surface area contributed by atoms with Crippen LogP contribution in [-0.4, -0.2) is 61.6 Å². The molecule has 1 aliphatic rings. The fraction of sp³-hybridized carbons (Fsp3) is 0.545. The molecule has 0 bridgehead atoms. The molecular formula is C33H46N2O6. The van der Waals surface area contributed by atoms with Crippen LogP contribution >= 0.6 is 0 Å². The van der Waals surface area contributed by atoms with E-state index in [1.807, 2.05) is 30.3 Å². The number of esters is 1. The maximum absolute atomic E-state index is 13.3. The molecule has 2 aromatic carbocycles. The van der Waals surface area contributed by atoms with Crippen LogP contribution in [0.3, 0.4) is 0 Å². The number of carbonyl (C=O) groups excluding carboxylic acids is 3. The zero-order valence-corrected chi connectivity index (χ0v) is 24.5. The molecule has 8 nitrogen and oxygen atoms in total. The van der Waals surface area contributed by atoms with Crippen molar-refractivity contribution >= 4 is 17.8 Å². The third kappa shape index (κ3) is 11.8. The Morgan fingerprint density at radius 2 is 1.37 bits per heavy atom. The lowest BCUT2D eigenvalue weighted by molar-refractivity contribution is -0.147. The van der Waals surface area contributed by atoms with Crippen molar-refractivity contribution in [1.82, 2.24) is 10.2 Å². The number of hydrogen-bond donors (Lipinski definition) is 1. The summed E-state index contributed by atoms with van der Waals surface area (Å²) >= 11 is 0. The normalized spacial score (nSPS) is 14.8. The van der Waals surface area contributed by atoms with Gasteiger partial charge in [-0.3, -0.25) is 14.4 Å². The molecular weight excluding hydrogens is 520 g/mol. The number of unbranched alkanes of at least 4 members (excludes halogenated alkanes) is 9. The zero-order chi connectivity index (χ0) is 29.1. The molecule has 224 valence electrons. The van der Waals surface area contributed by atoms with Crippen molar-refractivity contribution in [3.63, 3.8) is 0 Å². The van der Waals surface area contributed by atoms with Crippen molar-refractivity contribution in [3.8, 4) is 11.5 Å². The third-order valence-corrected chi connectivity index (χ3v) is 7.18. The minimum Gasteiger partial charge on any atom is -0.490 e. The quantitative estimate of drug-likeness (QED) is 0.167. The lowest BCUT2D eigenvalue weighted by Crippen LogP contribution is -2.57. The second-order valence-electron chi connectivity index (χ2n) is 10.4. The van der Waals surface area contributed by atoms with Crippen molar-refractivity contribution in [2.45, 2.75) is 83.6 Å². The molecule has 0 aliphatic carbocycles. The summed E-state index contributed by atoms with van der Waals surface area (Å²) in [5.74, 6) is 0.300. The Kier molecular flexibility index (Phi) is 14.6. The molecule has 1 saturated heterocycles. The summed E-state index contributed by atoms with van der Waals surface area (Å²) in [5.41, 5.74) is 0.427. The first-order valence-corrected chi connectivity index (χ1v) is 15.2. The van der Waals surface area contributed by atoms with Crippen LogP contribution in [0.25, 0.3) is 0 Å². The van der Waals surface area contributed by atoms with E-state index in [1.54, 1.807) is 24.3 Å². The van der Waals surface area contributed by atoms with Crippen molar-refractivity contribution < 1.29 is 28.6 Å². The van der Waals surface area contributed by atoms with Gasteiger partial charge in [0.15, 0.2) is 0 Å². The fourth-order valence-corrected chi connectivity index (χ4v) is 4.85. The number of amides is 2. The van der Waals surface area contributed by atoms with Crippen LogP contribution in [0.2, 0.25) is 0 Å². The number of piperazine rings is 1. The lowest BCUT2D eigenvalue weighted by Gasteiger charge is -2.34. The van der Waals surface area contributed by atoms with Gasteiger partial charge in [-0.2, -0.15) is 0 Å². The number of rotatable bonds is 19. The maximum atomic E-state index is 13.3. The van der Waals surface area contributed by atoms with Gasteiger partial charge in [0, 0.05) is 18.7 Å². The summed E-state index contributed by atoms with van der Waals surface area (Å²) in [6, 6.07) is 15.4. The molecule has 3 rings (SSSR count). The summed E-state index contributed by atoms with van der Waals surface area (Å²) in [4.78, 5) is 39.8. The first-order valence-electron chi connectivity index (χ1n) is 15.2. The summed E-state index contributed by atoms with van der Waals surface area (Å²) in [6.45, 7) is 4.00. The van der Waals surface area contributed by atoms with E-state index in [1.165, 1.54) is 49.8 Å². The Bertz CT molecular complexity index is 1040. The van der Waals surface area contributed by atoms with Gasteiger partial charge in [-0.1, -0.05) is 82.9 Å². The summed E-state index contributed by atoms with van der Waals surface area (Å²) < 4.78 is 16.7. The van der Waals surface area contributed by atoms with Crippen LogP contribution < -0.4 is 14.8 Å². The second kappa shape index (κ2) is 18.7. The Labute approximate surface area is 244 Å². The van der Waals surface area contributed by atoms with E-state index in [4.69, 9.17) is 14.2 Å². The number of nitrogens with one attached hydrogen (secondary N) is 1. The van der Waals surface area contributed by atoms with Gasteiger partial charge in [0.2, 0.25) is 5.91 Å². The second-order valence-corrected chi connectivity index (χ2v) is 10.4. The summed E-state index contributed by atoms with van der Waals surface area (Å²) in [5, 5.41) is 2.76. The standard InChI is InChI=1S/C33H46N2O6/c1-2-3-4-5-6-7-8-9-10-14-23-41-31(36)26-30-32(37)34-21-22-35(30)33(38)27-17-19-29(20-18-27)40-25-24-39-28-15-12-11-13-16-28/h11-13,15-20,30H,2-10,14,21-26H2,1H3,(H,34,37). The molecule has 0 saturated carbocycles. The predicted molar refractivity (Wildman–Crippen MR) is 159 cm³/mol. The first kappa shape index (κ1) is 32.0. The monoisotopic (exact) mass is 566 g/mol. The third-order valence-electron chi connectivity index (χ3n) is 7.18. The van der Waals surface area contributed by atoms with E-state index in [2.05, 4.69) is 12.2 Å². The molecule has 1 aliphatic heterocycles. The van der Waals surface area contributed by atoms with Crippen LogP contribution in [0.4, 0.5) is 0 Å². The van der Waals surface area contributed by atoms with Crippen LogP contribution in [0, 0.1) is 0 Å². The molecule has 1 unspecified atom stereocenters. The molecule has 1 fully saturated rings. The Morgan fingerprint density at radius 3 is 2.00 bits per heavy atom. The molecule has 0 spiro atoms. The van der Waals surface area contributed by atoms with Crippen LogP contribution in [-0.2, 0) is 14.3 Å². The average Bonchev–Trinajstić information content (AvgIpc) is 2.99. The van der Waals surface area contributed by atoms with Gasteiger partial charge in [0.1, 0.15) is 30.8 Å². The van der Waals surface area contributed by atoms with E-state index in [0.29, 0.717) is 44.2 Å². The number of benzene rings is 2. The van der Waals surface area contributed by atoms with E-state index < -0.39 is 12.0 Å². The highest BCUT2D eigenvalue weighted by atomic mass is 16.5. The summed E-state index contributed by atoms with van der Waals surface area (Å²) in [7, 11) is 0. The Morgan fingerprint density at radius 1 is 0.780 bits per heavy atom. The zero-order valence-electron chi connectivity index (χ0n) is 24.5. The highest BCUT2D eigenvalue weighted by Crippen LogP contribution is 2.18. The molecule has 2 aromatic rings. The molecule has 0 radical (unpaired) electrons. The van der Waals surface area contributed by atoms with Crippen molar-refractivity contribution in [2.75, 3.05) is 32.9 Å². The number of para-hydroxylation sites is 1. The Balaban J connectivity index is 1.36. The van der Waals surface area contributed by atoms with Gasteiger partial charge in [-0.25, -0.2) is 0 Å². The van der Waals surface area contributed by atoms with Gasteiger partial charge < -0.3 is 24.4 Å². The van der Waals surface area contributed by atoms with Gasteiger partial charge in [0.25, 0.3) is 5.91 Å². The molecule has 1 N–H and O–H groups in total. The number of hydrogen-bond acceptors (Lipinski definition) is 6. The number of nitrogens with zero attached hydrogens (tertiary/aromatic N) is 1. The number of ether oxygens (including phenoxy) is 3. The first-order chi connectivity index (χ1) is 20.1. The van der Waals surface area contributed by atoms with E-state index >= 15 is 0 Å². The molecule has 8 heteroatoms. The molecule has 0 aromatic heterocycles. The molecule has 2 amide bonds. The van der Waals surface area contributed by atoms with Gasteiger partial charge in [0.05, 0.1) is 13.0 Å². The predicted octanol–water partition coefficient (Wildman–Crippen LogP) is 5.94. The fourth-order valence-electron chi connectivity index (χ4n) is 4.85.